The lowest BCUT2D eigenvalue weighted by Gasteiger charge is -2.37. The van der Waals surface area contributed by atoms with Crippen LogP contribution < -0.4 is 0 Å². The first-order valence-electron chi connectivity index (χ1n) is 18.1. The molecule has 0 bridgehead atoms. The van der Waals surface area contributed by atoms with Gasteiger partial charge in [-0.25, -0.2) is 4.18 Å². The molecule has 9 rings (SSSR count). The number of benzene rings is 7. The average molecular weight is 806 g/mol. The molecule has 0 aliphatic carbocycles. The fraction of sp³-hybridized carbons (Fsp3) is 0.136. The first-order valence-corrected chi connectivity index (χ1v) is 19.9. The smallest absolute Gasteiger partial charge is 0.340 e. The summed E-state index contributed by atoms with van der Waals surface area (Å²) in [5.41, 5.74) is -6.40. The fourth-order valence-corrected chi connectivity index (χ4v) is 9.69. The van der Waals surface area contributed by atoms with Crippen molar-refractivity contribution < 1.29 is 30.7 Å². The minimum atomic E-state index is -6.52. The molecule has 2 heterocycles. The number of aryl methyl sites for hydroxylation is 2. The summed E-state index contributed by atoms with van der Waals surface area (Å²) in [7, 11) is -6.52. The van der Waals surface area contributed by atoms with E-state index in [-0.39, 0.29) is 21.7 Å². The fourth-order valence-electron chi connectivity index (χ4n) is 8.74. The number of para-hydroxylation sites is 2. The first kappa shape index (κ1) is 36.7. The van der Waals surface area contributed by atoms with E-state index in [1.165, 1.54) is 6.07 Å². The summed E-state index contributed by atoms with van der Waals surface area (Å²) < 4.78 is 82.9. The second-order valence-electron chi connectivity index (χ2n) is 13.8. The summed E-state index contributed by atoms with van der Waals surface area (Å²) in [4.78, 5) is 11.8. The highest BCUT2D eigenvalue weighted by Gasteiger charge is 2.56. The molecule has 0 N–H and O–H groups in total. The summed E-state index contributed by atoms with van der Waals surface area (Å²) in [6.07, 6.45) is 0. The highest BCUT2D eigenvalue weighted by atomic mass is 35.5. The highest BCUT2D eigenvalue weighted by molar-refractivity contribution is 7.87. The highest BCUT2D eigenvalue weighted by Crippen LogP contribution is 2.54. The van der Waals surface area contributed by atoms with Gasteiger partial charge >= 0.3 is 15.6 Å². The molecule has 0 spiro atoms. The van der Waals surface area contributed by atoms with Crippen molar-refractivity contribution in [2.24, 2.45) is 0 Å². The van der Waals surface area contributed by atoms with E-state index in [0.29, 0.717) is 45.4 Å². The number of nitrogens with zero attached hydrogens (tertiary/aromatic N) is 3. The van der Waals surface area contributed by atoms with E-state index >= 15 is 13.2 Å². The molecule has 7 aromatic carbocycles. The van der Waals surface area contributed by atoms with Gasteiger partial charge < -0.3 is 9.13 Å². The van der Waals surface area contributed by atoms with E-state index in [1.54, 1.807) is 48.5 Å². The van der Waals surface area contributed by atoms with Gasteiger partial charge in [-0.3, -0.25) is 10.1 Å². The Hall–Kier alpha value is -5.95. The lowest BCUT2D eigenvalue weighted by Crippen LogP contribution is -2.40. The van der Waals surface area contributed by atoms with Crippen LogP contribution in [0.4, 0.5) is 18.9 Å². The molecular weight excluding hydrogens is 775 g/mol. The molecule has 0 radical (unpaired) electrons. The zero-order valence-corrected chi connectivity index (χ0v) is 31.9. The minimum absolute atomic E-state index is 0.0106. The summed E-state index contributed by atoms with van der Waals surface area (Å²) in [6.45, 7) is 5.04. The second kappa shape index (κ2) is 13.1. The van der Waals surface area contributed by atoms with Crippen LogP contribution in [0.1, 0.15) is 30.5 Å². The van der Waals surface area contributed by atoms with E-state index in [2.05, 4.69) is 9.13 Å². The number of rotatable bonds is 8. The van der Waals surface area contributed by atoms with E-state index in [1.807, 2.05) is 74.5 Å². The van der Waals surface area contributed by atoms with E-state index in [0.717, 1.165) is 45.0 Å². The maximum Gasteiger partial charge on any atom is 0.523 e. The summed E-state index contributed by atoms with van der Waals surface area (Å²) in [5.74, 6) is 0. The van der Waals surface area contributed by atoms with Crippen molar-refractivity contribution in [1.29, 1.82) is 0 Å². The quantitative estimate of drug-likeness (QED) is 0.0501. The molecule has 9 aromatic rings. The van der Waals surface area contributed by atoms with Crippen molar-refractivity contribution in [2.45, 2.75) is 38.0 Å². The normalized spacial score (nSPS) is 12.9. The third-order valence-electron chi connectivity index (χ3n) is 11.0. The van der Waals surface area contributed by atoms with Crippen LogP contribution in [0.15, 0.2) is 127 Å². The van der Waals surface area contributed by atoms with Crippen molar-refractivity contribution in [3.05, 3.63) is 159 Å². The van der Waals surface area contributed by atoms with Gasteiger partial charge in [0.1, 0.15) is 0 Å². The number of fused-ring (bicyclic) bond motifs is 10. The Morgan fingerprint density at radius 1 is 0.614 bits per heavy atom. The van der Waals surface area contributed by atoms with Gasteiger partial charge in [0.25, 0.3) is 5.69 Å². The predicted molar refractivity (Wildman–Crippen MR) is 219 cm³/mol. The number of nitro benzene ring substituents is 1. The van der Waals surface area contributed by atoms with Gasteiger partial charge in [0.2, 0.25) is 0 Å². The Bertz CT molecular complexity index is 3100. The molecule has 2 aromatic heterocycles. The molecule has 0 aliphatic heterocycles. The lowest BCUT2D eigenvalue weighted by molar-refractivity contribution is -0.385. The number of aromatic nitrogens is 2. The Labute approximate surface area is 328 Å². The number of non-ortho nitro benzene ring substituents is 1. The first-order chi connectivity index (χ1) is 27.3. The van der Waals surface area contributed by atoms with Crippen LogP contribution in [0, 0.1) is 10.1 Å². The molecule has 286 valence electrons. The van der Waals surface area contributed by atoms with E-state index in [9.17, 15) is 18.5 Å². The standard InChI is InChI=1S/C44H31ClF3N3O5S/c1-3-49-39-19-11-9-15-29(39)33-24-35(27-13-5-7-17-31(27)41(33)49)43(56-57(54,55)44(46,47)48,37-23-26(51(52)53)21-22-38(37)45)36-25-34-30-16-10-12-20-40(30)50(4-2)42(34)32-18-8-6-14-28(32)36/h5-25H,3-4H2,1-2H3. The van der Waals surface area contributed by atoms with Crippen LogP contribution in [-0.4, -0.2) is 28.0 Å². The number of hydrogen-bond acceptors (Lipinski definition) is 5. The Morgan fingerprint density at radius 3 is 1.46 bits per heavy atom. The van der Waals surface area contributed by atoms with Crippen LogP contribution in [0.25, 0.3) is 65.2 Å². The second-order valence-corrected chi connectivity index (χ2v) is 15.8. The predicted octanol–water partition coefficient (Wildman–Crippen LogP) is 12.0. The lowest BCUT2D eigenvalue weighted by atomic mass is 9.75. The largest absolute Gasteiger partial charge is 0.523 e. The van der Waals surface area contributed by atoms with Crippen molar-refractivity contribution in [3.8, 4) is 0 Å². The van der Waals surface area contributed by atoms with Gasteiger partial charge in [-0.1, -0.05) is 96.5 Å². The van der Waals surface area contributed by atoms with Crippen LogP contribution in [0.2, 0.25) is 5.02 Å². The third kappa shape index (κ3) is 5.27. The van der Waals surface area contributed by atoms with Gasteiger partial charge in [-0.15, -0.1) is 0 Å². The van der Waals surface area contributed by atoms with Crippen LogP contribution in [-0.2, 0) is 33.0 Å². The van der Waals surface area contributed by atoms with Crippen molar-refractivity contribution in [1.82, 2.24) is 9.13 Å². The zero-order chi connectivity index (χ0) is 40.0. The number of hydrogen-bond donors (Lipinski definition) is 0. The molecule has 8 nitrogen and oxygen atoms in total. The molecule has 57 heavy (non-hydrogen) atoms. The zero-order valence-electron chi connectivity index (χ0n) is 30.3. The van der Waals surface area contributed by atoms with Crippen LogP contribution in [0.5, 0.6) is 0 Å². The van der Waals surface area contributed by atoms with E-state index < -0.39 is 31.8 Å². The Kier molecular flexibility index (Phi) is 8.40. The molecule has 0 unspecified atom stereocenters. The van der Waals surface area contributed by atoms with Crippen LogP contribution >= 0.6 is 11.6 Å². The van der Waals surface area contributed by atoms with Gasteiger partial charge in [0.15, 0.2) is 5.60 Å². The summed E-state index contributed by atoms with van der Waals surface area (Å²) in [6, 6.07) is 35.7. The number of nitro groups is 1. The molecular formula is C44H31ClF3N3O5S. The summed E-state index contributed by atoms with van der Waals surface area (Å²) in [5, 5.41) is 16.8. The van der Waals surface area contributed by atoms with Gasteiger partial charge in [-0.05, 0) is 55.0 Å². The minimum Gasteiger partial charge on any atom is -0.340 e. The van der Waals surface area contributed by atoms with Crippen molar-refractivity contribution in [3.63, 3.8) is 0 Å². The van der Waals surface area contributed by atoms with Gasteiger partial charge in [-0.2, -0.15) is 21.6 Å². The molecule has 0 fully saturated rings. The molecule has 0 aliphatic rings. The molecule has 0 amide bonds. The third-order valence-corrected chi connectivity index (χ3v) is 12.4. The Morgan fingerprint density at radius 2 is 1.04 bits per heavy atom. The number of halogens is 4. The maximum absolute atomic E-state index is 15.0. The molecule has 13 heteroatoms. The average Bonchev–Trinajstić information content (AvgIpc) is 3.71. The molecule has 0 saturated carbocycles. The van der Waals surface area contributed by atoms with Crippen molar-refractivity contribution >= 4 is 92.6 Å². The van der Waals surface area contributed by atoms with Gasteiger partial charge in [0.05, 0.1) is 16.0 Å². The molecule has 0 saturated heterocycles. The number of alkyl halides is 3. The monoisotopic (exact) mass is 805 g/mol. The summed E-state index contributed by atoms with van der Waals surface area (Å²) >= 11 is 7.02. The topological polar surface area (TPSA) is 96.4 Å². The van der Waals surface area contributed by atoms with Gasteiger partial charge in [0, 0.05) is 90.3 Å². The van der Waals surface area contributed by atoms with Crippen molar-refractivity contribution in [2.75, 3.05) is 0 Å². The Balaban J connectivity index is 1.61. The SMILES string of the molecule is CCn1c2ccccc2c2cc(C(OS(=O)(=O)C(F)(F)F)(c3cc([N+](=O)[O-])ccc3Cl)c3cc4c5ccccc5n(CC)c4c4ccccc34)c3ccccc3c21. The van der Waals surface area contributed by atoms with E-state index in [4.69, 9.17) is 15.8 Å². The van der Waals surface area contributed by atoms with Crippen LogP contribution in [0.3, 0.4) is 0 Å². The maximum atomic E-state index is 15.0. The molecule has 0 atom stereocenters.